The van der Waals surface area contributed by atoms with Gasteiger partial charge in [-0.05, 0) is 48.5 Å². The van der Waals surface area contributed by atoms with Crippen molar-refractivity contribution in [2.24, 2.45) is 0 Å². The van der Waals surface area contributed by atoms with Crippen LogP contribution in [0.3, 0.4) is 0 Å². The normalized spacial score (nSPS) is 10.6. The van der Waals surface area contributed by atoms with E-state index in [0.29, 0.717) is 12.2 Å². The van der Waals surface area contributed by atoms with Crippen LogP contribution >= 0.6 is 0 Å². The van der Waals surface area contributed by atoms with Gasteiger partial charge < -0.3 is 15.5 Å². The van der Waals surface area contributed by atoms with Gasteiger partial charge in [0.1, 0.15) is 0 Å². The molecule has 3 aromatic rings. The molecule has 3 rings (SSSR count). The summed E-state index contributed by atoms with van der Waals surface area (Å²) in [6.45, 7) is 1.37. The van der Waals surface area contributed by atoms with E-state index in [0.717, 1.165) is 23.2 Å². The van der Waals surface area contributed by atoms with Gasteiger partial charge in [0.2, 0.25) is 0 Å². The van der Waals surface area contributed by atoms with Crippen LogP contribution in [-0.4, -0.2) is 30.0 Å². The number of pyridine rings is 1. The van der Waals surface area contributed by atoms with E-state index < -0.39 is 0 Å². The van der Waals surface area contributed by atoms with Crippen LogP contribution in [0.25, 0.3) is 11.1 Å². The third kappa shape index (κ3) is 5.39. The average molecular weight is 360 g/mol. The van der Waals surface area contributed by atoms with Gasteiger partial charge in [0, 0.05) is 31.2 Å². The first-order chi connectivity index (χ1) is 13.1. The predicted molar refractivity (Wildman–Crippen MR) is 109 cm³/mol. The number of rotatable bonds is 6. The molecule has 1 heterocycles. The van der Waals surface area contributed by atoms with Gasteiger partial charge in [0.05, 0.1) is 0 Å². The Morgan fingerprint density at radius 3 is 2.37 bits per heavy atom. The molecule has 0 fully saturated rings. The number of nitrogens with zero attached hydrogens (tertiary/aromatic N) is 2. The molecule has 0 bridgehead atoms. The maximum atomic E-state index is 12.1. The number of amides is 2. The SMILES string of the molecule is CN(C)Cc1ccc(-c2ccccc2CNC(=O)Nc2ccncc2)cc1. The summed E-state index contributed by atoms with van der Waals surface area (Å²) in [5.41, 5.74) is 5.33. The van der Waals surface area contributed by atoms with Crippen molar-refractivity contribution in [3.63, 3.8) is 0 Å². The number of nitrogens with one attached hydrogen (secondary N) is 2. The topological polar surface area (TPSA) is 57.3 Å². The monoisotopic (exact) mass is 360 g/mol. The van der Waals surface area contributed by atoms with E-state index in [2.05, 4.69) is 64.9 Å². The fraction of sp³-hybridized carbons (Fsp3) is 0.182. The lowest BCUT2D eigenvalue weighted by Crippen LogP contribution is -2.28. The van der Waals surface area contributed by atoms with E-state index in [4.69, 9.17) is 0 Å². The van der Waals surface area contributed by atoms with Crippen molar-refractivity contribution in [3.05, 3.63) is 84.2 Å². The average Bonchev–Trinajstić information content (AvgIpc) is 2.68. The van der Waals surface area contributed by atoms with Crippen LogP contribution < -0.4 is 10.6 Å². The minimum Gasteiger partial charge on any atom is -0.334 e. The highest BCUT2D eigenvalue weighted by Crippen LogP contribution is 2.24. The van der Waals surface area contributed by atoms with Gasteiger partial charge >= 0.3 is 6.03 Å². The largest absolute Gasteiger partial charge is 0.334 e. The zero-order valence-electron chi connectivity index (χ0n) is 15.6. The number of benzene rings is 2. The second kappa shape index (κ2) is 8.96. The second-order valence-electron chi connectivity index (χ2n) is 6.64. The van der Waals surface area contributed by atoms with Crippen LogP contribution in [0.5, 0.6) is 0 Å². The molecule has 0 radical (unpaired) electrons. The Morgan fingerprint density at radius 2 is 1.67 bits per heavy atom. The molecule has 2 amide bonds. The summed E-state index contributed by atoms with van der Waals surface area (Å²) in [7, 11) is 4.12. The molecule has 0 atom stereocenters. The molecule has 0 saturated heterocycles. The number of urea groups is 1. The second-order valence-corrected chi connectivity index (χ2v) is 6.64. The van der Waals surface area contributed by atoms with Gasteiger partial charge in [-0.3, -0.25) is 4.98 Å². The standard InChI is InChI=1S/C22H24N4O/c1-26(2)16-17-7-9-18(10-8-17)21-6-4-3-5-19(21)15-24-22(27)25-20-11-13-23-14-12-20/h3-14H,15-16H2,1-2H3,(H2,23,24,25,27). The predicted octanol–water partition coefficient (Wildman–Crippen LogP) is 4.13. The molecule has 5 nitrogen and oxygen atoms in total. The summed E-state index contributed by atoms with van der Waals surface area (Å²) in [6.07, 6.45) is 3.29. The molecule has 5 heteroatoms. The van der Waals surface area contributed by atoms with Crippen LogP contribution in [0.1, 0.15) is 11.1 Å². The van der Waals surface area contributed by atoms with Crippen LogP contribution in [-0.2, 0) is 13.1 Å². The van der Waals surface area contributed by atoms with Crippen LogP contribution in [0.4, 0.5) is 10.5 Å². The molecule has 27 heavy (non-hydrogen) atoms. The van der Waals surface area contributed by atoms with E-state index >= 15 is 0 Å². The van der Waals surface area contributed by atoms with E-state index in [-0.39, 0.29) is 6.03 Å². The van der Waals surface area contributed by atoms with Crippen molar-refractivity contribution in [2.75, 3.05) is 19.4 Å². The van der Waals surface area contributed by atoms with Crippen LogP contribution in [0.15, 0.2) is 73.1 Å². The van der Waals surface area contributed by atoms with Crippen molar-refractivity contribution < 1.29 is 4.79 Å². The highest BCUT2D eigenvalue weighted by Gasteiger charge is 2.07. The first-order valence-corrected chi connectivity index (χ1v) is 8.88. The number of carbonyl (C=O) groups excluding carboxylic acids is 1. The van der Waals surface area contributed by atoms with Gasteiger partial charge in [0.15, 0.2) is 0 Å². The third-order valence-electron chi connectivity index (χ3n) is 4.16. The van der Waals surface area contributed by atoms with Crippen LogP contribution in [0.2, 0.25) is 0 Å². The lowest BCUT2D eigenvalue weighted by molar-refractivity contribution is 0.252. The fourth-order valence-electron chi connectivity index (χ4n) is 2.90. The molecular weight excluding hydrogens is 336 g/mol. The van der Waals surface area contributed by atoms with Gasteiger partial charge in [-0.15, -0.1) is 0 Å². The smallest absolute Gasteiger partial charge is 0.319 e. The van der Waals surface area contributed by atoms with Crippen molar-refractivity contribution >= 4 is 11.7 Å². The van der Waals surface area contributed by atoms with Crippen molar-refractivity contribution in [2.45, 2.75) is 13.1 Å². The Balaban J connectivity index is 1.68. The Bertz CT molecular complexity index is 876. The molecule has 0 aliphatic rings. The first-order valence-electron chi connectivity index (χ1n) is 8.88. The third-order valence-corrected chi connectivity index (χ3v) is 4.16. The molecule has 2 N–H and O–H groups in total. The molecule has 0 aliphatic heterocycles. The lowest BCUT2D eigenvalue weighted by atomic mass is 9.98. The molecule has 0 saturated carbocycles. The summed E-state index contributed by atoms with van der Waals surface area (Å²) in [4.78, 5) is 18.2. The summed E-state index contributed by atoms with van der Waals surface area (Å²) in [6, 6.07) is 20.0. The minimum absolute atomic E-state index is 0.239. The number of carbonyl (C=O) groups is 1. The molecule has 0 aliphatic carbocycles. The number of hydrogen-bond donors (Lipinski definition) is 2. The zero-order valence-corrected chi connectivity index (χ0v) is 15.6. The summed E-state index contributed by atoms with van der Waals surface area (Å²) in [5.74, 6) is 0. The summed E-state index contributed by atoms with van der Waals surface area (Å²) in [5, 5.41) is 5.72. The number of hydrogen-bond acceptors (Lipinski definition) is 3. The highest BCUT2D eigenvalue weighted by molar-refractivity contribution is 5.89. The van der Waals surface area contributed by atoms with E-state index in [1.54, 1.807) is 24.5 Å². The fourth-order valence-corrected chi connectivity index (χ4v) is 2.90. The van der Waals surface area contributed by atoms with E-state index in [1.807, 2.05) is 18.2 Å². The number of anilines is 1. The molecule has 1 aromatic heterocycles. The van der Waals surface area contributed by atoms with Crippen molar-refractivity contribution in [1.82, 2.24) is 15.2 Å². The Labute approximate surface area is 160 Å². The first kappa shape index (κ1) is 18.6. The van der Waals surface area contributed by atoms with Crippen LogP contribution in [0, 0.1) is 0 Å². The molecule has 2 aromatic carbocycles. The van der Waals surface area contributed by atoms with Crippen molar-refractivity contribution in [1.29, 1.82) is 0 Å². The maximum Gasteiger partial charge on any atom is 0.319 e. The van der Waals surface area contributed by atoms with Gasteiger partial charge in [-0.25, -0.2) is 4.79 Å². The van der Waals surface area contributed by atoms with Gasteiger partial charge in [-0.2, -0.15) is 0 Å². The summed E-state index contributed by atoms with van der Waals surface area (Å²) >= 11 is 0. The van der Waals surface area contributed by atoms with Gasteiger partial charge in [-0.1, -0.05) is 48.5 Å². The Kier molecular flexibility index (Phi) is 6.18. The quantitative estimate of drug-likeness (QED) is 0.695. The maximum absolute atomic E-state index is 12.1. The van der Waals surface area contributed by atoms with E-state index in [9.17, 15) is 4.79 Å². The van der Waals surface area contributed by atoms with Gasteiger partial charge in [0.25, 0.3) is 0 Å². The summed E-state index contributed by atoms with van der Waals surface area (Å²) < 4.78 is 0. The molecule has 138 valence electrons. The van der Waals surface area contributed by atoms with Crippen molar-refractivity contribution in [3.8, 4) is 11.1 Å². The Morgan fingerprint density at radius 1 is 0.963 bits per heavy atom. The zero-order chi connectivity index (χ0) is 19.1. The van der Waals surface area contributed by atoms with E-state index in [1.165, 1.54) is 5.56 Å². The molecular formula is C22H24N4O. The lowest BCUT2D eigenvalue weighted by Gasteiger charge is -2.13. The highest BCUT2D eigenvalue weighted by atomic mass is 16.2. The molecule has 0 spiro atoms. The minimum atomic E-state index is -0.239. The Hall–Kier alpha value is -3.18. The number of aromatic nitrogens is 1. The molecule has 0 unspecified atom stereocenters.